The van der Waals surface area contributed by atoms with E-state index in [1.165, 1.54) is 36.0 Å². The van der Waals surface area contributed by atoms with Crippen molar-refractivity contribution < 1.29 is 14.1 Å². The molecule has 8 nitrogen and oxygen atoms in total. The van der Waals surface area contributed by atoms with E-state index in [0.29, 0.717) is 5.52 Å². The Hall–Kier alpha value is -3.36. The molecule has 9 heteroatoms. The second-order valence-corrected chi connectivity index (χ2v) is 4.69. The van der Waals surface area contributed by atoms with Crippen LogP contribution in [-0.2, 0) is 4.79 Å². The Morgan fingerprint density at radius 1 is 1.35 bits per heavy atom. The van der Waals surface area contributed by atoms with Gasteiger partial charge in [0.15, 0.2) is 5.82 Å². The van der Waals surface area contributed by atoms with E-state index in [1.807, 2.05) is 0 Å². The summed E-state index contributed by atoms with van der Waals surface area (Å²) in [6.07, 6.45) is 3.80. The Labute approximate surface area is 128 Å². The van der Waals surface area contributed by atoms with Gasteiger partial charge in [-0.05, 0) is 12.1 Å². The number of halogens is 1. The number of nitro groups is 1. The maximum Gasteiger partial charge on any atom is 0.274 e. The first-order valence-electron chi connectivity index (χ1n) is 6.51. The van der Waals surface area contributed by atoms with Gasteiger partial charge in [0.2, 0.25) is 5.91 Å². The molecule has 0 saturated carbocycles. The highest BCUT2D eigenvalue weighted by Crippen LogP contribution is 2.29. The summed E-state index contributed by atoms with van der Waals surface area (Å²) in [6.45, 7) is 1.22. The molecule has 0 bridgehead atoms. The van der Waals surface area contributed by atoms with Gasteiger partial charge in [-0.15, -0.1) is 0 Å². The number of amides is 1. The summed E-state index contributed by atoms with van der Waals surface area (Å²) in [5.41, 5.74) is 0.267. The molecule has 3 aromatic heterocycles. The second kappa shape index (κ2) is 5.44. The van der Waals surface area contributed by atoms with E-state index < -0.39 is 16.6 Å². The van der Waals surface area contributed by atoms with E-state index in [-0.39, 0.29) is 17.2 Å². The lowest BCUT2D eigenvalue weighted by atomic mass is 10.2. The van der Waals surface area contributed by atoms with Crippen molar-refractivity contribution in [2.75, 3.05) is 4.90 Å². The summed E-state index contributed by atoms with van der Waals surface area (Å²) in [4.78, 5) is 27.2. The van der Waals surface area contributed by atoms with Crippen molar-refractivity contribution in [1.29, 1.82) is 0 Å². The normalized spacial score (nSPS) is 10.7. The minimum absolute atomic E-state index is 0.0329. The maximum atomic E-state index is 14.3. The van der Waals surface area contributed by atoms with Crippen LogP contribution in [0.1, 0.15) is 6.92 Å². The molecule has 0 N–H and O–H groups in total. The number of rotatable bonds is 3. The molecule has 0 unspecified atom stereocenters. The fraction of sp³-hybridized carbons (Fsp3) is 0.0714. The van der Waals surface area contributed by atoms with E-state index in [4.69, 9.17) is 0 Å². The zero-order valence-electron chi connectivity index (χ0n) is 11.9. The Balaban J connectivity index is 2.17. The summed E-state index contributed by atoms with van der Waals surface area (Å²) < 4.78 is 15.7. The number of carbonyl (C=O) groups excluding carboxylic acids is 1. The number of carbonyl (C=O) groups is 1. The molecule has 0 aromatic carbocycles. The average Bonchev–Trinajstić information content (AvgIpc) is 2.94. The molecule has 1 amide bonds. The standard InChI is InChI=1S/C14H10FN5O3/c1-9(21)19(14-7-11(20(22)23)2-4-16-14)13-6-10-3-5-17-18(10)8-12(13)15/h2-8H,1H3. The Kier molecular flexibility index (Phi) is 3.45. The molecule has 0 aliphatic rings. The van der Waals surface area contributed by atoms with Gasteiger partial charge in [-0.1, -0.05) is 0 Å². The van der Waals surface area contributed by atoms with Gasteiger partial charge in [0.05, 0.1) is 28.4 Å². The first-order chi connectivity index (χ1) is 11.0. The SMILES string of the molecule is CC(=O)N(c1cc([N+](=O)[O-])ccn1)c1cc2ccnn2cc1F. The topological polar surface area (TPSA) is 93.6 Å². The molecule has 0 saturated heterocycles. The molecule has 3 heterocycles. The molecule has 0 atom stereocenters. The maximum absolute atomic E-state index is 14.3. The molecular formula is C14H10FN5O3. The van der Waals surface area contributed by atoms with Gasteiger partial charge >= 0.3 is 0 Å². The summed E-state index contributed by atoms with van der Waals surface area (Å²) in [6, 6.07) is 5.37. The Morgan fingerprint density at radius 3 is 2.83 bits per heavy atom. The first kappa shape index (κ1) is 14.6. The summed E-state index contributed by atoms with van der Waals surface area (Å²) in [5, 5.41) is 14.8. The van der Waals surface area contributed by atoms with Crippen LogP contribution in [0.2, 0.25) is 0 Å². The molecule has 3 aromatic rings. The summed E-state index contributed by atoms with van der Waals surface area (Å²) in [5.74, 6) is -1.26. The van der Waals surface area contributed by atoms with Crippen LogP contribution in [-0.4, -0.2) is 25.4 Å². The van der Waals surface area contributed by atoms with E-state index in [1.54, 1.807) is 6.07 Å². The minimum atomic E-state index is -0.704. The van der Waals surface area contributed by atoms with Crippen molar-refractivity contribution in [3.63, 3.8) is 0 Å². The molecule has 3 rings (SSSR count). The lowest BCUT2D eigenvalue weighted by molar-refractivity contribution is -0.384. The van der Waals surface area contributed by atoms with Crippen molar-refractivity contribution in [1.82, 2.24) is 14.6 Å². The number of hydrogen-bond donors (Lipinski definition) is 0. The zero-order valence-corrected chi connectivity index (χ0v) is 11.9. The highest BCUT2D eigenvalue weighted by atomic mass is 19.1. The van der Waals surface area contributed by atoms with Crippen LogP contribution >= 0.6 is 0 Å². The average molecular weight is 315 g/mol. The van der Waals surface area contributed by atoms with Crippen molar-refractivity contribution >= 4 is 28.6 Å². The van der Waals surface area contributed by atoms with Gasteiger partial charge < -0.3 is 0 Å². The lowest BCUT2D eigenvalue weighted by Gasteiger charge is -2.20. The van der Waals surface area contributed by atoms with Crippen LogP contribution in [0.15, 0.2) is 42.9 Å². The predicted octanol–water partition coefficient (Wildman–Crippen LogP) is 2.46. The molecule has 0 radical (unpaired) electrons. The molecule has 0 aliphatic heterocycles. The molecular weight excluding hydrogens is 305 g/mol. The van der Waals surface area contributed by atoms with Crippen molar-refractivity contribution in [2.45, 2.75) is 6.92 Å². The van der Waals surface area contributed by atoms with Crippen LogP contribution in [0.3, 0.4) is 0 Å². The fourth-order valence-electron chi connectivity index (χ4n) is 2.20. The molecule has 0 aliphatic carbocycles. The monoisotopic (exact) mass is 315 g/mol. The largest absolute Gasteiger partial charge is 0.274 e. The predicted molar refractivity (Wildman–Crippen MR) is 78.9 cm³/mol. The molecule has 0 spiro atoms. The number of anilines is 2. The zero-order chi connectivity index (χ0) is 16.6. The quantitative estimate of drug-likeness (QED) is 0.546. The molecule has 23 heavy (non-hydrogen) atoms. The number of aromatic nitrogens is 3. The smallest absolute Gasteiger partial charge is 0.274 e. The number of fused-ring (bicyclic) bond motifs is 1. The van der Waals surface area contributed by atoms with Crippen LogP contribution in [0, 0.1) is 15.9 Å². The van der Waals surface area contributed by atoms with Gasteiger partial charge in [-0.25, -0.2) is 13.9 Å². The Morgan fingerprint density at radius 2 is 2.13 bits per heavy atom. The highest BCUT2D eigenvalue weighted by molar-refractivity contribution is 5.99. The van der Waals surface area contributed by atoms with Crippen molar-refractivity contribution in [3.05, 3.63) is 58.8 Å². The third-order valence-electron chi connectivity index (χ3n) is 3.19. The van der Waals surface area contributed by atoms with E-state index in [0.717, 1.165) is 17.2 Å². The number of nitrogens with zero attached hydrogens (tertiary/aromatic N) is 5. The van der Waals surface area contributed by atoms with Gasteiger partial charge in [0.25, 0.3) is 5.69 Å². The third-order valence-corrected chi connectivity index (χ3v) is 3.19. The third kappa shape index (κ3) is 2.59. The molecule has 0 fully saturated rings. The van der Waals surface area contributed by atoms with Crippen LogP contribution in [0.25, 0.3) is 5.52 Å². The van der Waals surface area contributed by atoms with Crippen LogP contribution < -0.4 is 4.90 Å². The minimum Gasteiger partial charge on any atom is -0.274 e. The van der Waals surface area contributed by atoms with E-state index in [9.17, 15) is 19.3 Å². The van der Waals surface area contributed by atoms with E-state index >= 15 is 0 Å². The number of pyridine rings is 2. The fourth-order valence-corrected chi connectivity index (χ4v) is 2.20. The van der Waals surface area contributed by atoms with Gasteiger partial charge in [-0.3, -0.25) is 19.8 Å². The lowest BCUT2D eigenvalue weighted by Crippen LogP contribution is -2.25. The van der Waals surface area contributed by atoms with Gasteiger partial charge in [-0.2, -0.15) is 5.10 Å². The van der Waals surface area contributed by atoms with Crippen LogP contribution in [0.5, 0.6) is 0 Å². The van der Waals surface area contributed by atoms with Crippen LogP contribution in [0.4, 0.5) is 21.6 Å². The first-order valence-corrected chi connectivity index (χ1v) is 6.51. The molecule has 116 valence electrons. The van der Waals surface area contributed by atoms with Crippen molar-refractivity contribution in [3.8, 4) is 0 Å². The second-order valence-electron chi connectivity index (χ2n) is 4.69. The summed E-state index contributed by atoms with van der Waals surface area (Å²) >= 11 is 0. The Bertz CT molecular complexity index is 924. The number of hydrogen-bond acceptors (Lipinski definition) is 5. The highest BCUT2D eigenvalue weighted by Gasteiger charge is 2.22. The summed E-state index contributed by atoms with van der Waals surface area (Å²) in [7, 11) is 0. The van der Waals surface area contributed by atoms with Gasteiger partial charge in [0.1, 0.15) is 5.82 Å². The van der Waals surface area contributed by atoms with E-state index in [2.05, 4.69) is 10.1 Å². The van der Waals surface area contributed by atoms with Gasteiger partial charge in [0, 0.05) is 25.4 Å². The van der Waals surface area contributed by atoms with Crippen molar-refractivity contribution in [2.24, 2.45) is 0 Å².